The van der Waals surface area contributed by atoms with Crippen LogP contribution in [0.4, 0.5) is 0 Å². The van der Waals surface area contributed by atoms with Gasteiger partial charge < -0.3 is 19.7 Å². The van der Waals surface area contributed by atoms with E-state index in [1.165, 1.54) is 16.2 Å². The molecule has 0 unspecified atom stereocenters. The van der Waals surface area contributed by atoms with E-state index in [0.717, 1.165) is 10.2 Å². The van der Waals surface area contributed by atoms with Crippen molar-refractivity contribution < 1.29 is 19.1 Å². The Kier molecular flexibility index (Phi) is 5.62. The number of hydrogen-bond donors (Lipinski definition) is 1. The highest BCUT2D eigenvalue weighted by Gasteiger charge is 2.29. The van der Waals surface area contributed by atoms with Gasteiger partial charge in [0.25, 0.3) is 5.91 Å². The molecule has 7 nitrogen and oxygen atoms in total. The second kappa shape index (κ2) is 7.90. The van der Waals surface area contributed by atoms with Gasteiger partial charge in [-0.3, -0.25) is 9.59 Å². The van der Waals surface area contributed by atoms with Crippen molar-refractivity contribution in [1.29, 1.82) is 0 Å². The van der Waals surface area contributed by atoms with Crippen LogP contribution in [0.25, 0.3) is 10.2 Å². The zero-order chi connectivity index (χ0) is 17.8. The maximum absolute atomic E-state index is 12.6. The Labute approximate surface area is 149 Å². The molecule has 8 heteroatoms. The van der Waals surface area contributed by atoms with E-state index in [9.17, 15) is 9.59 Å². The van der Waals surface area contributed by atoms with Gasteiger partial charge in [-0.05, 0) is 24.6 Å². The summed E-state index contributed by atoms with van der Waals surface area (Å²) in [5, 5.41) is 3.01. The Morgan fingerprint density at radius 2 is 2.28 bits per heavy atom. The van der Waals surface area contributed by atoms with Gasteiger partial charge in [0, 0.05) is 26.3 Å². The smallest absolute Gasteiger partial charge is 0.251 e. The molecular formula is C17H21N3O4S. The van der Waals surface area contributed by atoms with Crippen LogP contribution in [-0.4, -0.2) is 67.8 Å². The van der Waals surface area contributed by atoms with Gasteiger partial charge in [-0.15, -0.1) is 11.3 Å². The van der Waals surface area contributed by atoms with E-state index in [0.29, 0.717) is 25.2 Å². The van der Waals surface area contributed by atoms with Gasteiger partial charge in [-0.2, -0.15) is 0 Å². The topological polar surface area (TPSA) is 80.8 Å². The fraction of sp³-hybridized carbons (Fsp3) is 0.471. The van der Waals surface area contributed by atoms with E-state index in [2.05, 4.69) is 10.3 Å². The standard InChI is InChI=1S/C17H21N3O4S/c1-20(2)16(21)9-24-14-8-23-6-5-12(14)19-17(22)11-3-4-13-15(7-11)25-10-18-13/h3-4,7,10,12,14H,5-6,8-9H2,1-2H3,(H,19,22)/t12-,14-/m1/s1. The first-order valence-corrected chi connectivity index (χ1v) is 8.96. The van der Waals surface area contributed by atoms with Crippen LogP contribution in [0.15, 0.2) is 23.7 Å². The van der Waals surface area contributed by atoms with Crippen LogP contribution < -0.4 is 5.32 Å². The van der Waals surface area contributed by atoms with Gasteiger partial charge in [0.1, 0.15) is 12.7 Å². The molecule has 2 heterocycles. The molecular weight excluding hydrogens is 342 g/mol. The fourth-order valence-electron chi connectivity index (χ4n) is 2.60. The Morgan fingerprint density at radius 3 is 3.08 bits per heavy atom. The van der Waals surface area contributed by atoms with Crippen LogP contribution >= 0.6 is 11.3 Å². The van der Waals surface area contributed by atoms with Gasteiger partial charge in [-0.1, -0.05) is 0 Å². The molecule has 2 aromatic rings. The molecule has 1 saturated heterocycles. The molecule has 134 valence electrons. The zero-order valence-electron chi connectivity index (χ0n) is 14.2. The molecule has 1 N–H and O–H groups in total. The van der Waals surface area contributed by atoms with Gasteiger partial charge in [0.05, 0.1) is 28.4 Å². The lowest BCUT2D eigenvalue weighted by atomic mass is 10.1. The van der Waals surface area contributed by atoms with Crippen molar-refractivity contribution in [1.82, 2.24) is 15.2 Å². The first-order valence-electron chi connectivity index (χ1n) is 8.08. The molecule has 1 aromatic heterocycles. The third-order valence-electron chi connectivity index (χ3n) is 4.13. The monoisotopic (exact) mass is 363 g/mol. The lowest BCUT2D eigenvalue weighted by Crippen LogP contribution is -2.50. The second-order valence-corrected chi connectivity index (χ2v) is 7.00. The largest absolute Gasteiger partial charge is 0.379 e. The molecule has 2 amide bonds. The fourth-order valence-corrected chi connectivity index (χ4v) is 3.31. The molecule has 0 saturated carbocycles. The van der Waals surface area contributed by atoms with E-state index in [1.807, 2.05) is 12.1 Å². The maximum atomic E-state index is 12.6. The molecule has 0 radical (unpaired) electrons. The quantitative estimate of drug-likeness (QED) is 0.866. The van der Waals surface area contributed by atoms with Crippen molar-refractivity contribution >= 4 is 33.4 Å². The molecule has 25 heavy (non-hydrogen) atoms. The number of carbonyl (C=O) groups excluding carboxylic acids is 2. The average Bonchev–Trinajstić information content (AvgIpc) is 3.08. The summed E-state index contributed by atoms with van der Waals surface area (Å²) in [6.45, 7) is 0.889. The second-order valence-electron chi connectivity index (χ2n) is 6.12. The lowest BCUT2D eigenvalue weighted by Gasteiger charge is -2.32. The van der Waals surface area contributed by atoms with Crippen LogP contribution in [0.3, 0.4) is 0 Å². The Hall–Kier alpha value is -2.03. The number of aromatic nitrogens is 1. The number of benzene rings is 1. The number of nitrogens with one attached hydrogen (secondary N) is 1. The van der Waals surface area contributed by atoms with E-state index < -0.39 is 0 Å². The summed E-state index contributed by atoms with van der Waals surface area (Å²) in [6, 6.07) is 5.26. The number of fused-ring (bicyclic) bond motifs is 1. The zero-order valence-corrected chi connectivity index (χ0v) is 15.0. The van der Waals surface area contributed by atoms with Crippen molar-refractivity contribution in [3.8, 4) is 0 Å². The van der Waals surface area contributed by atoms with Gasteiger partial charge >= 0.3 is 0 Å². The summed E-state index contributed by atoms with van der Waals surface area (Å²) < 4.78 is 12.1. The Bertz CT molecular complexity index is 761. The van der Waals surface area contributed by atoms with Crippen molar-refractivity contribution in [3.05, 3.63) is 29.3 Å². The summed E-state index contributed by atoms with van der Waals surface area (Å²) in [7, 11) is 3.36. The first-order chi connectivity index (χ1) is 12.0. The van der Waals surface area contributed by atoms with Crippen LogP contribution in [-0.2, 0) is 14.3 Å². The van der Waals surface area contributed by atoms with E-state index >= 15 is 0 Å². The number of amides is 2. The van der Waals surface area contributed by atoms with E-state index in [4.69, 9.17) is 9.47 Å². The third kappa shape index (κ3) is 4.33. The highest BCUT2D eigenvalue weighted by atomic mass is 32.1. The lowest BCUT2D eigenvalue weighted by molar-refractivity contribution is -0.140. The van der Waals surface area contributed by atoms with Crippen LogP contribution in [0.5, 0.6) is 0 Å². The van der Waals surface area contributed by atoms with Crippen molar-refractivity contribution in [2.24, 2.45) is 0 Å². The SMILES string of the molecule is CN(C)C(=O)CO[C@@H]1COCC[C@H]1NC(=O)c1ccc2ncsc2c1. The van der Waals surface area contributed by atoms with Crippen molar-refractivity contribution in [2.75, 3.05) is 33.9 Å². The molecule has 1 aliphatic heterocycles. The molecule has 2 atom stereocenters. The predicted octanol–water partition coefficient (Wildman–Crippen LogP) is 1.29. The summed E-state index contributed by atoms with van der Waals surface area (Å²) >= 11 is 1.50. The van der Waals surface area contributed by atoms with Gasteiger partial charge in [0.15, 0.2) is 0 Å². The molecule has 3 rings (SSSR count). The van der Waals surface area contributed by atoms with E-state index in [1.54, 1.807) is 25.7 Å². The molecule has 1 aliphatic rings. The minimum absolute atomic E-state index is 0.0276. The van der Waals surface area contributed by atoms with Gasteiger partial charge in [-0.25, -0.2) is 4.98 Å². The normalized spacial score (nSPS) is 20.4. The summed E-state index contributed by atoms with van der Waals surface area (Å²) in [5.41, 5.74) is 3.23. The maximum Gasteiger partial charge on any atom is 0.251 e. The Morgan fingerprint density at radius 1 is 1.44 bits per heavy atom. The van der Waals surface area contributed by atoms with Crippen molar-refractivity contribution in [2.45, 2.75) is 18.6 Å². The number of thiazole rings is 1. The number of nitrogens with zero attached hydrogens (tertiary/aromatic N) is 2. The summed E-state index contributed by atoms with van der Waals surface area (Å²) in [5.74, 6) is -0.277. The molecule has 0 bridgehead atoms. The van der Waals surface area contributed by atoms with Gasteiger partial charge in [0.2, 0.25) is 5.91 Å². The number of rotatable bonds is 5. The minimum Gasteiger partial charge on any atom is -0.379 e. The van der Waals surface area contributed by atoms with Crippen molar-refractivity contribution in [3.63, 3.8) is 0 Å². The molecule has 1 aromatic carbocycles. The summed E-state index contributed by atoms with van der Waals surface area (Å²) in [6.07, 6.45) is 0.309. The highest BCUT2D eigenvalue weighted by Crippen LogP contribution is 2.20. The highest BCUT2D eigenvalue weighted by molar-refractivity contribution is 7.16. The number of carbonyl (C=O) groups is 2. The summed E-state index contributed by atoms with van der Waals surface area (Å²) in [4.78, 5) is 30.0. The number of ether oxygens (including phenoxy) is 2. The Balaban J connectivity index is 1.63. The third-order valence-corrected chi connectivity index (χ3v) is 4.93. The number of hydrogen-bond acceptors (Lipinski definition) is 6. The number of likely N-dealkylation sites (N-methyl/N-ethyl adjacent to an activating group) is 1. The average molecular weight is 363 g/mol. The molecule has 0 spiro atoms. The molecule has 1 fully saturated rings. The molecule has 0 aliphatic carbocycles. The first kappa shape index (κ1) is 17.8. The van der Waals surface area contributed by atoms with E-state index in [-0.39, 0.29) is 30.6 Å². The van der Waals surface area contributed by atoms with Crippen LogP contribution in [0, 0.1) is 0 Å². The minimum atomic E-state index is -0.339. The predicted molar refractivity (Wildman–Crippen MR) is 94.7 cm³/mol. The van der Waals surface area contributed by atoms with Crippen LogP contribution in [0.1, 0.15) is 16.8 Å². The van der Waals surface area contributed by atoms with Crippen LogP contribution in [0.2, 0.25) is 0 Å².